The Morgan fingerprint density at radius 2 is 2.35 bits per heavy atom. The van der Waals surface area contributed by atoms with Crippen LogP contribution in [0.3, 0.4) is 0 Å². The van der Waals surface area contributed by atoms with Crippen molar-refractivity contribution >= 4 is 5.91 Å². The van der Waals surface area contributed by atoms with Crippen molar-refractivity contribution in [3.63, 3.8) is 0 Å². The predicted molar refractivity (Wildman–Crippen MR) is 79.7 cm³/mol. The molecule has 2 heterocycles. The predicted octanol–water partition coefficient (Wildman–Crippen LogP) is 1.75. The quantitative estimate of drug-likeness (QED) is 0.862. The molecular weight excluding hydrogens is 252 g/mol. The monoisotopic (exact) mass is 278 g/mol. The third-order valence-electron chi connectivity index (χ3n) is 3.89. The molecule has 5 nitrogen and oxygen atoms in total. The lowest BCUT2D eigenvalue weighted by molar-refractivity contribution is 0.0926. The third-order valence-corrected chi connectivity index (χ3v) is 3.89. The smallest absolute Gasteiger partial charge is 0.271 e. The number of aromatic nitrogens is 2. The van der Waals surface area contributed by atoms with Crippen molar-refractivity contribution < 1.29 is 4.79 Å². The van der Waals surface area contributed by atoms with Crippen LogP contribution in [0.15, 0.2) is 12.3 Å². The van der Waals surface area contributed by atoms with Crippen LogP contribution < -0.4 is 5.32 Å². The minimum Gasteiger partial charge on any atom is -0.350 e. The minimum atomic E-state index is -0.0511. The summed E-state index contributed by atoms with van der Waals surface area (Å²) in [5.74, 6) is 0.525. The van der Waals surface area contributed by atoms with Gasteiger partial charge in [-0.05, 0) is 51.3 Å². The molecule has 1 atom stereocenters. The summed E-state index contributed by atoms with van der Waals surface area (Å²) < 4.78 is 1.78. The molecule has 1 aliphatic heterocycles. The van der Waals surface area contributed by atoms with E-state index in [0.29, 0.717) is 11.6 Å². The van der Waals surface area contributed by atoms with E-state index in [1.54, 1.807) is 10.7 Å². The Balaban J connectivity index is 1.78. The normalized spacial score (nSPS) is 20.0. The van der Waals surface area contributed by atoms with Gasteiger partial charge in [-0.1, -0.05) is 6.92 Å². The second-order valence-electron chi connectivity index (χ2n) is 5.58. The lowest BCUT2D eigenvalue weighted by Gasteiger charge is -2.32. The molecule has 1 saturated heterocycles. The molecule has 0 saturated carbocycles. The van der Waals surface area contributed by atoms with Crippen LogP contribution in [-0.4, -0.2) is 46.8 Å². The summed E-state index contributed by atoms with van der Waals surface area (Å²) in [5, 5.41) is 7.26. The highest BCUT2D eigenvalue weighted by molar-refractivity contribution is 5.92. The molecule has 5 heteroatoms. The average molecular weight is 278 g/mol. The Labute approximate surface area is 121 Å². The van der Waals surface area contributed by atoms with E-state index >= 15 is 0 Å². The second-order valence-corrected chi connectivity index (χ2v) is 5.58. The summed E-state index contributed by atoms with van der Waals surface area (Å²) in [6.45, 7) is 9.27. The van der Waals surface area contributed by atoms with Crippen molar-refractivity contribution in [3.8, 4) is 0 Å². The zero-order chi connectivity index (χ0) is 14.4. The highest BCUT2D eigenvalue weighted by atomic mass is 16.1. The number of carbonyl (C=O) groups excluding carboxylic acids is 1. The number of nitrogens with one attached hydrogen (secondary N) is 1. The number of nitrogens with zero attached hydrogens (tertiary/aromatic N) is 3. The maximum atomic E-state index is 12.0. The molecule has 1 fully saturated rings. The maximum absolute atomic E-state index is 12.0. The van der Waals surface area contributed by atoms with E-state index in [2.05, 4.69) is 22.2 Å². The van der Waals surface area contributed by atoms with Crippen molar-refractivity contribution in [3.05, 3.63) is 18.0 Å². The molecule has 0 radical (unpaired) electrons. The zero-order valence-corrected chi connectivity index (χ0v) is 12.6. The number of amides is 1. The second kappa shape index (κ2) is 7.43. The van der Waals surface area contributed by atoms with Gasteiger partial charge >= 0.3 is 0 Å². The van der Waals surface area contributed by atoms with Gasteiger partial charge in [0.15, 0.2) is 0 Å². The summed E-state index contributed by atoms with van der Waals surface area (Å²) in [5.41, 5.74) is 0.521. The summed E-state index contributed by atoms with van der Waals surface area (Å²) >= 11 is 0. The molecule has 1 amide bonds. The van der Waals surface area contributed by atoms with E-state index in [0.717, 1.165) is 19.6 Å². The summed E-state index contributed by atoms with van der Waals surface area (Å²) in [4.78, 5) is 14.5. The fraction of sp³-hybridized carbons (Fsp3) is 0.733. The third kappa shape index (κ3) is 4.07. The molecule has 0 spiro atoms. The Morgan fingerprint density at radius 1 is 1.50 bits per heavy atom. The van der Waals surface area contributed by atoms with Crippen LogP contribution in [0.25, 0.3) is 0 Å². The van der Waals surface area contributed by atoms with Crippen molar-refractivity contribution in [2.75, 3.05) is 26.2 Å². The summed E-state index contributed by atoms with van der Waals surface area (Å²) in [6.07, 6.45) is 5.50. The maximum Gasteiger partial charge on any atom is 0.271 e. The molecule has 0 aromatic carbocycles. The molecule has 2 rings (SSSR count). The van der Waals surface area contributed by atoms with Crippen LogP contribution in [0.1, 0.15) is 43.6 Å². The number of aryl methyl sites for hydroxylation is 1. The van der Waals surface area contributed by atoms with Crippen LogP contribution in [0, 0.1) is 5.92 Å². The fourth-order valence-electron chi connectivity index (χ4n) is 2.82. The Kier molecular flexibility index (Phi) is 5.59. The lowest BCUT2D eigenvalue weighted by atomic mass is 9.98. The van der Waals surface area contributed by atoms with Crippen LogP contribution in [0.4, 0.5) is 0 Å². The van der Waals surface area contributed by atoms with E-state index in [9.17, 15) is 4.79 Å². The molecule has 20 heavy (non-hydrogen) atoms. The van der Waals surface area contributed by atoms with Gasteiger partial charge in [-0.2, -0.15) is 5.10 Å². The lowest BCUT2D eigenvalue weighted by Crippen LogP contribution is -2.41. The molecule has 0 bridgehead atoms. The van der Waals surface area contributed by atoms with E-state index in [4.69, 9.17) is 0 Å². The van der Waals surface area contributed by atoms with Crippen LogP contribution in [0.5, 0.6) is 0 Å². The van der Waals surface area contributed by atoms with Gasteiger partial charge in [0.25, 0.3) is 5.91 Å². The van der Waals surface area contributed by atoms with Gasteiger partial charge in [0, 0.05) is 25.8 Å². The molecule has 0 aliphatic carbocycles. The van der Waals surface area contributed by atoms with Gasteiger partial charge in [-0.3, -0.25) is 9.48 Å². The number of piperidine rings is 1. The van der Waals surface area contributed by atoms with Crippen LogP contribution in [0.2, 0.25) is 0 Å². The standard InChI is InChI=1S/C15H26N4O/c1-3-8-18-9-5-6-13(12-18)11-16-15(20)14-7-10-19(4-2)17-14/h7,10,13H,3-6,8-9,11-12H2,1-2H3,(H,16,20). The minimum absolute atomic E-state index is 0.0511. The molecule has 1 N–H and O–H groups in total. The first-order valence-electron chi connectivity index (χ1n) is 7.77. The van der Waals surface area contributed by atoms with E-state index < -0.39 is 0 Å². The van der Waals surface area contributed by atoms with Gasteiger partial charge < -0.3 is 10.2 Å². The largest absolute Gasteiger partial charge is 0.350 e. The number of rotatable bonds is 6. The molecular formula is C15H26N4O. The summed E-state index contributed by atoms with van der Waals surface area (Å²) in [7, 11) is 0. The molecule has 112 valence electrons. The number of carbonyl (C=O) groups is 1. The Hall–Kier alpha value is -1.36. The first-order valence-corrected chi connectivity index (χ1v) is 7.77. The number of hydrogen-bond donors (Lipinski definition) is 1. The molecule has 1 aromatic rings. The highest BCUT2D eigenvalue weighted by Crippen LogP contribution is 2.15. The average Bonchev–Trinajstić information content (AvgIpc) is 2.94. The zero-order valence-electron chi connectivity index (χ0n) is 12.6. The van der Waals surface area contributed by atoms with E-state index in [-0.39, 0.29) is 5.91 Å². The van der Waals surface area contributed by atoms with Crippen molar-refractivity contribution in [2.45, 2.75) is 39.7 Å². The van der Waals surface area contributed by atoms with Crippen LogP contribution in [-0.2, 0) is 6.54 Å². The van der Waals surface area contributed by atoms with Gasteiger partial charge in [0.1, 0.15) is 5.69 Å². The van der Waals surface area contributed by atoms with Gasteiger partial charge in [0.05, 0.1) is 0 Å². The Morgan fingerprint density at radius 3 is 3.05 bits per heavy atom. The topological polar surface area (TPSA) is 50.2 Å². The first-order chi connectivity index (χ1) is 9.72. The summed E-state index contributed by atoms with van der Waals surface area (Å²) in [6, 6.07) is 1.78. The fourth-order valence-corrected chi connectivity index (χ4v) is 2.82. The van der Waals surface area contributed by atoms with Crippen molar-refractivity contribution in [1.29, 1.82) is 0 Å². The van der Waals surface area contributed by atoms with Crippen molar-refractivity contribution in [1.82, 2.24) is 20.0 Å². The van der Waals surface area contributed by atoms with E-state index in [1.165, 1.54) is 32.4 Å². The Bertz CT molecular complexity index is 427. The van der Waals surface area contributed by atoms with Gasteiger partial charge in [0.2, 0.25) is 0 Å². The first kappa shape index (κ1) is 15.0. The van der Waals surface area contributed by atoms with Gasteiger partial charge in [-0.25, -0.2) is 0 Å². The highest BCUT2D eigenvalue weighted by Gasteiger charge is 2.20. The molecule has 1 aromatic heterocycles. The SMILES string of the molecule is CCCN1CCCC(CNC(=O)c2ccn(CC)n2)C1. The molecule has 1 aliphatic rings. The van der Waals surface area contributed by atoms with Gasteiger partial charge in [-0.15, -0.1) is 0 Å². The van der Waals surface area contributed by atoms with Crippen LogP contribution >= 0.6 is 0 Å². The number of likely N-dealkylation sites (tertiary alicyclic amines) is 1. The number of hydrogen-bond acceptors (Lipinski definition) is 3. The van der Waals surface area contributed by atoms with Crippen molar-refractivity contribution in [2.24, 2.45) is 5.92 Å². The molecule has 1 unspecified atom stereocenters. The van der Waals surface area contributed by atoms with E-state index in [1.807, 2.05) is 13.1 Å².